The van der Waals surface area contributed by atoms with Crippen molar-refractivity contribution in [1.82, 2.24) is 5.32 Å². The highest BCUT2D eigenvalue weighted by atomic mass is 31.2. The molecule has 0 radical (unpaired) electrons. The number of phosphoric acid groups is 1. The molecule has 57 heavy (non-hydrogen) atoms. The van der Waals surface area contributed by atoms with Crippen LogP contribution in [-0.4, -0.2) is 68.5 Å². The first-order valence-corrected chi connectivity index (χ1v) is 23.9. The monoisotopic (exact) mass is 817 g/mol. The molecule has 0 spiro atoms. The fourth-order valence-corrected chi connectivity index (χ4v) is 6.47. The van der Waals surface area contributed by atoms with Crippen LogP contribution < -0.4 is 10.2 Å². The average molecular weight is 817 g/mol. The molecule has 0 aromatic heterocycles. The Labute approximate surface area is 350 Å². The van der Waals surface area contributed by atoms with E-state index in [1.165, 1.54) is 57.8 Å². The summed E-state index contributed by atoms with van der Waals surface area (Å²) in [5, 5.41) is 13.7. The van der Waals surface area contributed by atoms with Crippen molar-refractivity contribution in [3.05, 3.63) is 85.1 Å². The maximum Gasteiger partial charge on any atom is 0.268 e. The molecule has 2 N–H and O–H groups in total. The maximum absolute atomic E-state index is 12.8. The molecule has 0 rings (SSSR count). The lowest BCUT2D eigenvalue weighted by molar-refractivity contribution is -0.870. The first kappa shape index (κ1) is 54.7. The lowest BCUT2D eigenvalue weighted by Crippen LogP contribution is -2.45. The Morgan fingerprint density at radius 3 is 1.63 bits per heavy atom. The lowest BCUT2D eigenvalue weighted by atomic mass is 10.0. The van der Waals surface area contributed by atoms with E-state index in [1.807, 2.05) is 27.2 Å². The molecule has 0 fully saturated rings. The van der Waals surface area contributed by atoms with Crippen LogP contribution in [0.15, 0.2) is 85.1 Å². The standard InChI is InChI=1S/C48H85N2O6P/c1-6-8-10-12-14-16-18-20-21-22-23-24-25-26-27-28-29-30-32-34-36-38-40-42-48(52)49-46(45-56-57(53,54)55-44-43-50(3,4)5)47(51)41-39-37-35-33-31-19-17-15-13-11-9-7-2/h8,10,13-16,20-21,23-24,31,33,39,41,46-47,51H,6-7,9,11-12,17-19,22,25-30,32,34-38,40,42-45H2,1-5H3,(H-,49,52,53,54)/b10-8-,15-13+,16-14-,21-20-,24-23-,33-31+,41-39+. The number of aliphatic hydroxyl groups is 1. The number of amides is 1. The van der Waals surface area contributed by atoms with Crippen molar-refractivity contribution in [2.45, 2.75) is 174 Å². The van der Waals surface area contributed by atoms with E-state index in [4.69, 9.17) is 9.05 Å². The van der Waals surface area contributed by atoms with Crippen LogP contribution in [0.4, 0.5) is 0 Å². The van der Waals surface area contributed by atoms with Crippen molar-refractivity contribution >= 4 is 13.7 Å². The third-order valence-electron chi connectivity index (χ3n) is 9.32. The lowest BCUT2D eigenvalue weighted by Gasteiger charge is -2.29. The average Bonchev–Trinajstić information content (AvgIpc) is 3.16. The molecule has 0 saturated heterocycles. The quantitative estimate of drug-likeness (QED) is 0.0277. The Kier molecular flexibility index (Phi) is 37.6. The highest BCUT2D eigenvalue weighted by molar-refractivity contribution is 7.45. The van der Waals surface area contributed by atoms with Gasteiger partial charge >= 0.3 is 0 Å². The zero-order valence-corrected chi connectivity index (χ0v) is 37.9. The minimum atomic E-state index is -4.60. The van der Waals surface area contributed by atoms with Crippen LogP contribution >= 0.6 is 7.82 Å². The molecule has 0 saturated carbocycles. The van der Waals surface area contributed by atoms with Crippen molar-refractivity contribution in [2.75, 3.05) is 40.9 Å². The number of nitrogens with zero attached hydrogens (tertiary/aromatic N) is 1. The fourth-order valence-electron chi connectivity index (χ4n) is 5.75. The Bertz CT molecular complexity index is 1200. The summed E-state index contributed by atoms with van der Waals surface area (Å²) in [6.07, 6.45) is 53.5. The van der Waals surface area contributed by atoms with Gasteiger partial charge in [0.05, 0.1) is 39.9 Å². The Balaban J connectivity index is 4.37. The Morgan fingerprint density at radius 1 is 0.632 bits per heavy atom. The third-order valence-corrected chi connectivity index (χ3v) is 10.3. The number of allylic oxidation sites excluding steroid dienone is 13. The molecule has 0 aliphatic heterocycles. The van der Waals surface area contributed by atoms with Gasteiger partial charge in [-0.25, -0.2) is 0 Å². The van der Waals surface area contributed by atoms with Crippen LogP contribution in [0.3, 0.4) is 0 Å². The molecule has 3 atom stereocenters. The fraction of sp³-hybridized carbons (Fsp3) is 0.688. The van der Waals surface area contributed by atoms with Crippen LogP contribution in [0.25, 0.3) is 0 Å². The van der Waals surface area contributed by atoms with Crippen molar-refractivity contribution in [3.8, 4) is 0 Å². The van der Waals surface area contributed by atoms with Gasteiger partial charge in [0, 0.05) is 6.42 Å². The molecule has 0 aliphatic carbocycles. The molecule has 8 nitrogen and oxygen atoms in total. The van der Waals surface area contributed by atoms with Crippen LogP contribution in [0.1, 0.15) is 162 Å². The van der Waals surface area contributed by atoms with Crippen LogP contribution in [0.5, 0.6) is 0 Å². The van der Waals surface area contributed by atoms with Crippen molar-refractivity contribution in [1.29, 1.82) is 0 Å². The number of hydrogen-bond acceptors (Lipinski definition) is 6. The highest BCUT2D eigenvalue weighted by Crippen LogP contribution is 2.38. The molecular formula is C48H85N2O6P. The first-order chi connectivity index (χ1) is 27.5. The predicted molar refractivity (Wildman–Crippen MR) is 242 cm³/mol. The number of carbonyl (C=O) groups excluding carboxylic acids is 1. The Morgan fingerprint density at radius 2 is 1.09 bits per heavy atom. The van der Waals surface area contributed by atoms with Crippen molar-refractivity contribution in [2.24, 2.45) is 0 Å². The SMILES string of the molecule is CC/C=C\C/C=C\C/C=C\C/C=C\CCCCCCCCCCCCC(=O)NC(COP(=O)([O-])OCC[N+](C)(C)C)C(O)/C=C/CC/C=C/CC/C=C/CCCC. The van der Waals surface area contributed by atoms with Gasteiger partial charge in [0.25, 0.3) is 7.82 Å². The van der Waals surface area contributed by atoms with Gasteiger partial charge in [-0.2, -0.15) is 0 Å². The molecule has 0 aromatic carbocycles. The summed E-state index contributed by atoms with van der Waals surface area (Å²) >= 11 is 0. The molecule has 9 heteroatoms. The molecule has 328 valence electrons. The number of phosphoric ester groups is 1. The second-order valence-electron chi connectivity index (χ2n) is 16.0. The number of rotatable bonds is 39. The van der Waals surface area contributed by atoms with Gasteiger partial charge in [0.15, 0.2) is 0 Å². The van der Waals surface area contributed by atoms with E-state index in [1.54, 1.807) is 6.08 Å². The van der Waals surface area contributed by atoms with Gasteiger partial charge in [0.2, 0.25) is 5.91 Å². The summed E-state index contributed by atoms with van der Waals surface area (Å²) in [6, 6.07) is -0.915. The molecule has 1 amide bonds. The van der Waals surface area contributed by atoms with Gasteiger partial charge in [0.1, 0.15) is 13.2 Å². The van der Waals surface area contributed by atoms with E-state index in [-0.39, 0.29) is 12.5 Å². The number of nitrogens with one attached hydrogen (secondary N) is 1. The summed E-state index contributed by atoms with van der Waals surface area (Å²) in [6.45, 7) is 4.42. The second kappa shape index (κ2) is 39.2. The maximum atomic E-state index is 12.8. The van der Waals surface area contributed by atoms with E-state index in [2.05, 4.69) is 92.1 Å². The van der Waals surface area contributed by atoms with Gasteiger partial charge in [-0.3, -0.25) is 9.36 Å². The van der Waals surface area contributed by atoms with E-state index >= 15 is 0 Å². The van der Waals surface area contributed by atoms with E-state index in [0.717, 1.165) is 83.5 Å². The minimum absolute atomic E-state index is 0.0142. The van der Waals surface area contributed by atoms with E-state index in [0.29, 0.717) is 17.4 Å². The van der Waals surface area contributed by atoms with Crippen LogP contribution in [0.2, 0.25) is 0 Å². The van der Waals surface area contributed by atoms with E-state index < -0.39 is 26.6 Å². The Hall–Kier alpha value is -2.32. The molecule has 0 aliphatic rings. The largest absolute Gasteiger partial charge is 0.756 e. The molecule has 0 bridgehead atoms. The minimum Gasteiger partial charge on any atom is -0.756 e. The first-order valence-electron chi connectivity index (χ1n) is 22.4. The summed E-state index contributed by atoms with van der Waals surface area (Å²) in [4.78, 5) is 25.3. The number of aliphatic hydroxyl groups excluding tert-OH is 1. The summed E-state index contributed by atoms with van der Waals surface area (Å²) in [7, 11) is 1.22. The van der Waals surface area contributed by atoms with Gasteiger partial charge in [-0.1, -0.05) is 163 Å². The second-order valence-corrected chi connectivity index (χ2v) is 17.4. The smallest absolute Gasteiger partial charge is 0.268 e. The van der Waals surface area contributed by atoms with E-state index in [9.17, 15) is 19.4 Å². The number of hydrogen-bond donors (Lipinski definition) is 2. The highest BCUT2D eigenvalue weighted by Gasteiger charge is 2.23. The van der Waals surface area contributed by atoms with Gasteiger partial charge in [-0.05, 0) is 77.0 Å². The molecule has 3 unspecified atom stereocenters. The van der Waals surface area contributed by atoms with Crippen LogP contribution in [-0.2, 0) is 18.4 Å². The van der Waals surface area contributed by atoms with Crippen molar-refractivity contribution in [3.63, 3.8) is 0 Å². The van der Waals surface area contributed by atoms with Crippen molar-refractivity contribution < 1.29 is 32.9 Å². The zero-order chi connectivity index (χ0) is 42.1. The predicted octanol–water partition coefficient (Wildman–Crippen LogP) is 11.9. The molecule has 0 aromatic rings. The number of quaternary nitrogens is 1. The van der Waals surface area contributed by atoms with Gasteiger partial charge < -0.3 is 28.8 Å². The molecular weight excluding hydrogens is 732 g/mol. The number of unbranched alkanes of at least 4 members (excludes halogenated alkanes) is 14. The normalized spacial score (nSPS) is 15.1. The summed E-state index contributed by atoms with van der Waals surface area (Å²) in [5.41, 5.74) is 0. The summed E-state index contributed by atoms with van der Waals surface area (Å²) in [5.74, 6) is -0.223. The topological polar surface area (TPSA) is 108 Å². The molecule has 0 heterocycles. The zero-order valence-electron chi connectivity index (χ0n) is 37.0. The third kappa shape index (κ3) is 41.6. The van der Waals surface area contributed by atoms with Crippen LogP contribution in [0, 0.1) is 0 Å². The number of carbonyl (C=O) groups is 1. The number of likely N-dealkylation sites (N-methyl/N-ethyl adjacent to an activating group) is 1. The van der Waals surface area contributed by atoms with Gasteiger partial charge in [-0.15, -0.1) is 0 Å². The summed E-state index contributed by atoms with van der Waals surface area (Å²) < 4.78 is 23.1.